The number of halogens is 1. The second-order valence-electron chi connectivity index (χ2n) is 5.20. The Hall–Kier alpha value is -1.39. The van der Waals surface area contributed by atoms with Gasteiger partial charge in [0.2, 0.25) is 0 Å². The summed E-state index contributed by atoms with van der Waals surface area (Å²) >= 11 is 3.51. The molecule has 1 N–H and O–H groups in total. The third-order valence-corrected chi connectivity index (χ3v) is 4.67. The van der Waals surface area contributed by atoms with Crippen LogP contribution in [0, 0.1) is 0 Å². The maximum Gasteiger partial charge on any atom is 0.252 e. The number of aryl methyl sites for hydroxylation is 1. The molecule has 1 aromatic heterocycles. The molecule has 0 unspecified atom stereocenters. The molecule has 1 aliphatic carbocycles. The number of pyridine rings is 1. The standard InChI is InChI=1S/C17H18BrNO2/c1-2-21-10-9-14-15-12-6-4-3-5-11(12)7-8-13(15)16(18)19-17(14)20/h3-6H,2,7-10H2,1H3,(H,19,20). The summed E-state index contributed by atoms with van der Waals surface area (Å²) in [5.41, 5.74) is 5.65. The van der Waals surface area contributed by atoms with Crippen LogP contribution >= 0.6 is 15.9 Å². The molecular formula is C17H18BrNO2. The monoisotopic (exact) mass is 347 g/mol. The highest BCUT2D eigenvalue weighted by atomic mass is 79.9. The van der Waals surface area contributed by atoms with Gasteiger partial charge in [-0.15, -0.1) is 0 Å². The third kappa shape index (κ3) is 2.70. The van der Waals surface area contributed by atoms with Gasteiger partial charge in [0.1, 0.15) is 0 Å². The van der Waals surface area contributed by atoms with Crippen molar-refractivity contribution in [2.45, 2.75) is 26.2 Å². The lowest BCUT2D eigenvalue weighted by molar-refractivity contribution is 0.150. The van der Waals surface area contributed by atoms with E-state index in [1.165, 1.54) is 16.7 Å². The fourth-order valence-electron chi connectivity index (χ4n) is 3.01. The fourth-order valence-corrected chi connectivity index (χ4v) is 3.59. The Morgan fingerprint density at radius 2 is 2.10 bits per heavy atom. The summed E-state index contributed by atoms with van der Waals surface area (Å²) in [5.74, 6) is 0. The Bertz CT molecular complexity index is 721. The van der Waals surface area contributed by atoms with E-state index in [4.69, 9.17) is 4.74 Å². The van der Waals surface area contributed by atoms with Crippen LogP contribution in [0.15, 0.2) is 33.7 Å². The first kappa shape index (κ1) is 14.5. The van der Waals surface area contributed by atoms with E-state index in [1.54, 1.807) is 0 Å². The average Bonchev–Trinajstić information content (AvgIpc) is 2.50. The Morgan fingerprint density at radius 1 is 1.29 bits per heavy atom. The van der Waals surface area contributed by atoms with Gasteiger partial charge in [-0.25, -0.2) is 0 Å². The first-order valence-corrected chi connectivity index (χ1v) is 8.11. The molecule has 3 nitrogen and oxygen atoms in total. The fraction of sp³-hybridized carbons (Fsp3) is 0.353. The van der Waals surface area contributed by atoms with Gasteiger partial charge in [0.25, 0.3) is 5.56 Å². The van der Waals surface area contributed by atoms with Crippen LogP contribution in [0.1, 0.15) is 23.6 Å². The van der Waals surface area contributed by atoms with Crippen molar-refractivity contribution < 1.29 is 4.74 Å². The highest BCUT2D eigenvalue weighted by Crippen LogP contribution is 2.37. The summed E-state index contributed by atoms with van der Waals surface area (Å²) < 4.78 is 6.25. The van der Waals surface area contributed by atoms with Crippen LogP contribution in [0.5, 0.6) is 0 Å². The molecule has 1 heterocycles. The van der Waals surface area contributed by atoms with Gasteiger partial charge >= 0.3 is 0 Å². The summed E-state index contributed by atoms with van der Waals surface area (Å²) in [4.78, 5) is 15.3. The normalized spacial score (nSPS) is 12.9. The van der Waals surface area contributed by atoms with Gasteiger partial charge in [-0.3, -0.25) is 4.79 Å². The van der Waals surface area contributed by atoms with E-state index in [0.29, 0.717) is 19.6 Å². The number of H-pyrrole nitrogens is 1. The first-order chi connectivity index (χ1) is 10.2. The molecule has 0 spiro atoms. The molecule has 1 aliphatic rings. The van der Waals surface area contributed by atoms with E-state index in [1.807, 2.05) is 13.0 Å². The summed E-state index contributed by atoms with van der Waals surface area (Å²) in [6, 6.07) is 8.37. The molecule has 0 bridgehead atoms. The van der Waals surface area contributed by atoms with Gasteiger partial charge in [0.15, 0.2) is 0 Å². The van der Waals surface area contributed by atoms with Crippen molar-refractivity contribution in [1.29, 1.82) is 0 Å². The lowest BCUT2D eigenvalue weighted by Crippen LogP contribution is -2.21. The van der Waals surface area contributed by atoms with Crippen molar-refractivity contribution in [1.82, 2.24) is 4.98 Å². The van der Waals surface area contributed by atoms with Crippen LogP contribution in [0.3, 0.4) is 0 Å². The predicted octanol–water partition coefficient (Wildman–Crippen LogP) is 3.48. The van der Waals surface area contributed by atoms with Gasteiger partial charge in [0, 0.05) is 18.6 Å². The number of fused-ring (bicyclic) bond motifs is 3. The predicted molar refractivity (Wildman–Crippen MR) is 87.8 cm³/mol. The van der Waals surface area contributed by atoms with Crippen LogP contribution < -0.4 is 5.56 Å². The molecule has 21 heavy (non-hydrogen) atoms. The molecule has 4 heteroatoms. The topological polar surface area (TPSA) is 42.1 Å². The number of aromatic nitrogens is 1. The van der Waals surface area contributed by atoms with Crippen molar-refractivity contribution in [3.63, 3.8) is 0 Å². The molecule has 0 fully saturated rings. The molecule has 0 aliphatic heterocycles. The highest BCUT2D eigenvalue weighted by molar-refractivity contribution is 9.10. The van der Waals surface area contributed by atoms with E-state index in [0.717, 1.165) is 28.6 Å². The van der Waals surface area contributed by atoms with Gasteiger partial charge in [-0.1, -0.05) is 24.3 Å². The highest BCUT2D eigenvalue weighted by Gasteiger charge is 2.23. The number of aromatic amines is 1. The van der Waals surface area contributed by atoms with Gasteiger partial charge in [-0.05, 0) is 57.9 Å². The minimum atomic E-state index is -0.0166. The summed E-state index contributed by atoms with van der Waals surface area (Å²) in [7, 11) is 0. The Morgan fingerprint density at radius 3 is 2.90 bits per heavy atom. The quantitative estimate of drug-likeness (QED) is 0.679. The second-order valence-corrected chi connectivity index (χ2v) is 6.00. The lowest BCUT2D eigenvalue weighted by atomic mass is 9.83. The largest absolute Gasteiger partial charge is 0.381 e. The molecule has 0 atom stereocenters. The number of rotatable bonds is 4. The zero-order valence-electron chi connectivity index (χ0n) is 12.0. The number of ether oxygens (including phenoxy) is 1. The minimum Gasteiger partial charge on any atom is -0.381 e. The van der Waals surface area contributed by atoms with Crippen molar-refractivity contribution >= 4 is 15.9 Å². The Balaban J connectivity index is 2.16. The van der Waals surface area contributed by atoms with Crippen LogP contribution in [0.25, 0.3) is 11.1 Å². The summed E-state index contributed by atoms with van der Waals surface area (Å²) in [6.07, 6.45) is 2.61. The van der Waals surface area contributed by atoms with Crippen molar-refractivity contribution in [3.8, 4) is 11.1 Å². The molecule has 0 radical (unpaired) electrons. The molecule has 0 saturated carbocycles. The van der Waals surface area contributed by atoms with Crippen molar-refractivity contribution in [2.24, 2.45) is 0 Å². The average molecular weight is 348 g/mol. The molecular weight excluding hydrogens is 330 g/mol. The molecule has 110 valence electrons. The molecule has 0 saturated heterocycles. The third-order valence-electron chi connectivity index (χ3n) is 4.00. The Labute approximate surface area is 132 Å². The smallest absolute Gasteiger partial charge is 0.252 e. The van der Waals surface area contributed by atoms with Crippen molar-refractivity contribution in [2.75, 3.05) is 13.2 Å². The van der Waals surface area contributed by atoms with Gasteiger partial charge in [-0.2, -0.15) is 0 Å². The molecule has 1 aromatic carbocycles. The van der Waals surface area contributed by atoms with Crippen LogP contribution in [-0.4, -0.2) is 18.2 Å². The van der Waals surface area contributed by atoms with Crippen LogP contribution in [0.2, 0.25) is 0 Å². The summed E-state index contributed by atoms with van der Waals surface area (Å²) in [5, 5.41) is 0. The molecule has 2 aromatic rings. The van der Waals surface area contributed by atoms with E-state index < -0.39 is 0 Å². The SMILES string of the molecule is CCOCCc1c2c(c(Br)[nH]c1=O)CCc1ccccc1-2. The van der Waals surface area contributed by atoms with Gasteiger partial charge in [0.05, 0.1) is 11.2 Å². The number of hydrogen-bond donors (Lipinski definition) is 1. The van der Waals surface area contributed by atoms with E-state index >= 15 is 0 Å². The number of benzene rings is 1. The zero-order valence-corrected chi connectivity index (χ0v) is 13.6. The lowest BCUT2D eigenvalue weighted by Gasteiger charge is -2.23. The van der Waals surface area contributed by atoms with Crippen LogP contribution in [0.4, 0.5) is 0 Å². The van der Waals surface area contributed by atoms with Gasteiger partial charge < -0.3 is 9.72 Å². The molecule has 3 rings (SSSR count). The number of hydrogen-bond acceptors (Lipinski definition) is 2. The van der Waals surface area contributed by atoms with E-state index in [9.17, 15) is 4.79 Å². The van der Waals surface area contributed by atoms with E-state index in [2.05, 4.69) is 39.1 Å². The van der Waals surface area contributed by atoms with Crippen LogP contribution in [-0.2, 0) is 24.0 Å². The zero-order chi connectivity index (χ0) is 14.8. The Kier molecular flexibility index (Phi) is 4.27. The second kappa shape index (κ2) is 6.16. The molecule has 0 amide bonds. The van der Waals surface area contributed by atoms with Crippen molar-refractivity contribution in [3.05, 3.63) is 55.9 Å². The van der Waals surface area contributed by atoms with E-state index in [-0.39, 0.29) is 5.56 Å². The maximum atomic E-state index is 12.4. The maximum absolute atomic E-state index is 12.4. The minimum absolute atomic E-state index is 0.0166. The first-order valence-electron chi connectivity index (χ1n) is 7.32. The summed E-state index contributed by atoms with van der Waals surface area (Å²) in [6.45, 7) is 3.22. The number of nitrogens with one attached hydrogen (secondary N) is 1.